The van der Waals surface area contributed by atoms with E-state index in [-0.39, 0.29) is 30.5 Å². The second-order valence-corrected chi connectivity index (χ2v) is 5.94. The summed E-state index contributed by atoms with van der Waals surface area (Å²) in [5, 5.41) is 13.8. The number of esters is 1. The molecule has 1 aliphatic rings. The number of rotatable bonds is 6. The molecule has 1 aromatic carbocycles. The molecule has 0 spiro atoms. The molecular weight excluding hydrogens is 322 g/mol. The molecule has 1 fully saturated rings. The summed E-state index contributed by atoms with van der Waals surface area (Å²) in [5.41, 5.74) is 0.760. The molecule has 0 radical (unpaired) electrons. The first kappa shape index (κ1) is 18.5. The third kappa shape index (κ3) is 6.26. The number of anilines is 1. The quantitative estimate of drug-likeness (QED) is 0.769. The van der Waals surface area contributed by atoms with E-state index in [1.165, 1.54) is 30.7 Å². The first-order valence-electron chi connectivity index (χ1n) is 8.32. The zero-order valence-corrected chi connectivity index (χ0v) is 13.9. The van der Waals surface area contributed by atoms with E-state index in [1.807, 2.05) is 0 Å². The van der Waals surface area contributed by atoms with E-state index in [9.17, 15) is 14.4 Å². The Kier molecular flexibility index (Phi) is 6.96. The van der Waals surface area contributed by atoms with E-state index in [1.54, 1.807) is 6.07 Å². The van der Waals surface area contributed by atoms with Crippen LogP contribution in [-0.2, 0) is 14.3 Å². The fourth-order valence-electron chi connectivity index (χ4n) is 2.70. The minimum atomic E-state index is -0.603. The summed E-state index contributed by atoms with van der Waals surface area (Å²) >= 11 is 0. The molecule has 0 heterocycles. The average molecular weight is 343 g/mol. The molecule has 132 valence electrons. The summed E-state index contributed by atoms with van der Waals surface area (Å²) in [6.45, 7) is -0.310. The van der Waals surface area contributed by atoms with Gasteiger partial charge in [0.25, 0.3) is 5.91 Å². The summed E-state index contributed by atoms with van der Waals surface area (Å²) in [5.74, 6) is -1.31. The Balaban J connectivity index is 1.77. The lowest BCUT2D eigenvalue weighted by atomic mass is 9.95. The van der Waals surface area contributed by atoms with Crippen molar-refractivity contribution in [2.75, 3.05) is 11.9 Å². The molecule has 1 saturated carbocycles. The highest BCUT2D eigenvalue weighted by molar-refractivity contribution is 5.94. The van der Waals surface area contributed by atoms with Gasteiger partial charge in [0.05, 0.1) is 11.6 Å². The number of carbonyl (C=O) groups excluding carboxylic acids is 3. The Morgan fingerprint density at radius 1 is 1.08 bits per heavy atom. The Hall–Kier alpha value is -2.88. The van der Waals surface area contributed by atoms with Gasteiger partial charge >= 0.3 is 5.97 Å². The van der Waals surface area contributed by atoms with Crippen LogP contribution in [0.2, 0.25) is 0 Å². The second-order valence-electron chi connectivity index (χ2n) is 5.94. The van der Waals surface area contributed by atoms with Crippen LogP contribution in [0.3, 0.4) is 0 Å². The van der Waals surface area contributed by atoms with Crippen LogP contribution in [0.15, 0.2) is 24.3 Å². The van der Waals surface area contributed by atoms with Crippen LogP contribution in [-0.4, -0.2) is 30.4 Å². The molecule has 0 aromatic heterocycles. The van der Waals surface area contributed by atoms with E-state index < -0.39 is 11.9 Å². The van der Waals surface area contributed by atoms with Crippen LogP contribution in [0.1, 0.15) is 48.9 Å². The Bertz CT molecular complexity index is 658. The molecule has 7 nitrogen and oxygen atoms in total. The minimum absolute atomic E-state index is 0.177. The van der Waals surface area contributed by atoms with Crippen molar-refractivity contribution in [3.05, 3.63) is 29.8 Å². The van der Waals surface area contributed by atoms with Gasteiger partial charge in [-0.25, -0.2) is 4.79 Å². The number of hydrogen-bond acceptors (Lipinski definition) is 5. The molecule has 0 unspecified atom stereocenters. The number of nitrogens with zero attached hydrogens (tertiary/aromatic N) is 1. The van der Waals surface area contributed by atoms with E-state index in [2.05, 4.69) is 10.6 Å². The highest BCUT2D eigenvalue weighted by atomic mass is 16.5. The average Bonchev–Trinajstić information content (AvgIpc) is 2.61. The summed E-state index contributed by atoms with van der Waals surface area (Å²) in [7, 11) is 0. The predicted molar refractivity (Wildman–Crippen MR) is 90.6 cm³/mol. The van der Waals surface area contributed by atoms with Crippen LogP contribution < -0.4 is 10.6 Å². The van der Waals surface area contributed by atoms with Gasteiger partial charge in [-0.2, -0.15) is 5.26 Å². The van der Waals surface area contributed by atoms with Crippen molar-refractivity contribution < 1.29 is 19.1 Å². The second kappa shape index (κ2) is 9.42. The number of amides is 2. The summed E-state index contributed by atoms with van der Waals surface area (Å²) in [6, 6.07) is 7.98. The third-order valence-corrected chi connectivity index (χ3v) is 3.95. The van der Waals surface area contributed by atoms with Gasteiger partial charge in [0.2, 0.25) is 5.91 Å². The van der Waals surface area contributed by atoms with E-state index >= 15 is 0 Å². The van der Waals surface area contributed by atoms with Crippen LogP contribution in [0.4, 0.5) is 5.69 Å². The maximum Gasteiger partial charge on any atom is 0.338 e. The SMILES string of the molecule is N#CCC(=O)Nc1ccc(C(=O)OCC(=O)NC2CCCCC2)cc1. The van der Waals surface area contributed by atoms with Crippen molar-refractivity contribution in [2.45, 2.75) is 44.6 Å². The van der Waals surface area contributed by atoms with Crippen LogP contribution in [0, 0.1) is 11.3 Å². The monoisotopic (exact) mass is 343 g/mol. The molecule has 0 saturated heterocycles. The van der Waals surface area contributed by atoms with Gasteiger partial charge in [-0.05, 0) is 37.1 Å². The van der Waals surface area contributed by atoms with Gasteiger partial charge in [-0.15, -0.1) is 0 Å². The van der Waals surface area contributed by atoms with E-state index in [0.29, 0.717) is 5.69 Å². The van der Waals surface area contributed by atoms with E-state index in [4.69, 9.17) is 10.00 Å². The maximum absolute atomic E-state index is 11.9. The normalized spacial score (nSPS) is 14.2. The lowest BCUT2D eigenvalue weighted by Gasteiger charge is -2.22. The number of nitriles is 1. The zero-order chi connectivity index (χ0) is 18.1. The lowest BCUT2D eigenvalue weighted by Crippen LogP contribution is -2.38. The molecule has 0 bridgehead atoms. The molecule has 25 heavy (non-hydrogen) atoms. The highest BCUT2D eigenvalue weighted by Crippen LogP contribution is 2.17. The fourth-order valence-corrected chi connectivity index (χ4v) is 2.70. The molecule has 0 aliphatic heterocycles. The predicted octanol–water partition coefficient (Wildman–Crippen LogP) is 2.14. The van der Waals surface area contributed by atoms with Crippen molar-refractivity contribution in [1.82, 2.24) is 5.32 Å². The first-order valence-corrected chi connectivity index (χ1v) is 8.32. The van der Waals surface area contributed by atoms with Crippen molar-refractivity contribution in [3.63, 3.8) is 0 Å². The molecular formula is C18H21N3O4. The third-order valence-electron chi connectivity index (χ3n) is 3.95. The Morgan fingerprint density at radius 2 is 1.76 bits per heavy atom. The van der Waals surface area contributed by atoms with Crippen LogP contribution >= 0.6 is 0 Å². The largest absolute Gasteiger partial charge is 0.452 e. The summed E-state index contributed by atoms with van der Waals surface area (Å²) in [4.78, 5) is 35.1. The lowest BCUT2D eigenvalue weighted by molar-refractivity contribution is -0.125. The standard InChI is InChI=1S/C18H21N3O4/c19-11-10-16(22)20-15-8-6-13(7-9-15)18(24)25-12-17(23)21-14-4-2-1-3-5-14/h6-9,14H,1-5,10,12H2,(H,20,22)(H,21,23). The molecule has 2 amide bonds. The number of nitrogens with one attached hydrogen (secondary N) is 2. The zero-order valence-electron chi connectivity index (χ0n) is 13.9. The van der Waals surface area contributed by atoms with Gasteiger partial charge < -0.3 is 15.4 Å². The number of carbonyl (C=O) groups is 3. The maximum atomic E-state index is 11.9. The molecule has 7 heteroatoms. The number of benzene rings is 1. The van der Waals surface area contributed by atoms with Gasteiger partial charge in [-0.3, -0.25) is 9.59 Å². The van der Waals surface area contributed by atoms with Crippen molar-refractivity contribution in [1.29, 1.82) is 5.26 Å². The van der Waals surface area contributed by atoms with Crippen molar-refractivity contribution in [3.8, 4) is 6.07 Å². The number of hydrogen-bond donors (Lipinski definition) is 2. The Morgan fingerprint density at radius 3 is 2.40 bits per heavy atom. The van der Waals surface area contributed by atoms with Crippen LogP contribution in [0.25, 0.3) is 0 Å². The fraction of sp³-hybridized carbons (Fsp3) is 0.444. The Labute approximate surface area is 146 Å². The van der Waals surface area contributed by atoms with Gasteiger partial charge in [0.1, 0.15) is 6.42 Å². The highest BCUT2D eigenvalue weighted by Gasteiger charge is 2.17. The molecule has 1 aliphatic carbocycles. The molecule has 1 aromatic rings. The molecule has 2 rings (SSSR count). The van der Waals surface area contributed by atoms with Crippen molar-refractivity contribution >= 4 is 23.5 Å². The van der Waals surface area contributed by atoms with Gasteiger partial charge in [0.15, 0.2) is 6.61 Å². The molecule has 2 N–H and O–H groups in total. The van der Waals surface area contributed by atoms with Gasteiger partial charge in [-0.1, -0.05) is 19.3 Å². The molecule has 0 atom stereocenters. The van der Waals surface area contributed by atoms with Crippen LogP contribution in [0.5, 0.6) is 0 Å². The minimum Gasteiger partial charge on any atom is -0.452 e. The first-order chi connectivity index (χ1) is 12.1. The topological polar surface area (TPSA) is 108 Å². The summed E-state index contributed by atoms with van der Waals surface area (Å²) < 4.78 is 5.01. The summed E-state index contributed by atoms with van der Waals surface area (Å²) in [6.07, 6.45) is 5.13. The van der Waals surface area contributed by atoms with Crippen molar-refractivity contribution in [2.24, 2.45) is 0 Å². The van der Waals surface area contributed by atoms with E-state index in [0.717, 1.165) is 25.7 Å². The smallest absolute Gasteiger partial charge is 0.338 e. The van der Waals surface area contributed by atoms with Gasteiger partial charge in [0, 0.05) is 11.7 Å². The number of ether oxygens (including phenoxy) is 1.